The van der Waals surface area contributed by atoms with Gasteiger partial charge in [0.25, 0.3) is 11.6 Å². The SMILES string of the molecule is Cc1noc2nc(-c3ccccc3)cc(C(=O)N(C)Cc3ccc(Cl)s3)c12. The van der Waals surface area contributed by atoms with Crippen molar-refractivity contribution in [2.75, 3.05) is 7.05 Å². The molecule has 4 aromatic rings. The highest BCUT2D eigenvalue weighted by Gasteiger charge is 2.22. The van der Waals surface area contributed by atoms with Crippen LogP contribution in [0.15, 0.2) is 53.1 Å². The topological polar surface area (TPSA) is 59.2 Å². The lowest BCUT2D eigenvalue weighted by Crippen LogP contribution is -2.26. The molecule has 7 heteroatoms. The number of fused-ring (bicyclic) bond motifs is 1. The molecule has 0 saturated carbocycles. The first-order valence-electron chi connectivity index (χ1n) is 8.35. The molecule has 3 heterocycles. The number of aryl methyl sites for hydroxylation is 1. The minimum Gasteiger partial charge on any atom is -0.337 e. The Morgan fingerprint density at radius 2 is 2.00 bits per heavy atom. The number of thiophene rings is 1. The maximum atomic E-state index is 13.2. The number of halogens is 1. The van der Waals surface area contributed by atoms with Crippen LogP contribution in [0, 0.1) is 6.92 Å². The molecule has 0 N–H and O–H groups in total. The number of carbonyl (C=O) groups is 1. The highest BCUT2D eigenvalue weighted by Crippen LogP contribution is 2.29. The van der Waals surface area contributed by atoms with E-state index < -0.39 is 0 Å². The molecule has 0 spiro atoms. The first-order chi connectivity index (χ1) is 13.0. The lowest BCUT2D eigenvalue weighted by Gasteiger charge is -2.17. The van der Waals surface area contributed by atoms with Crippen LogP contribution in [0.1, 0.15) is 20.9 Å². The summed E-state index contributed by atoms with van der Waals surface area (Å²) in [5.74, 6) is -0.115. The maximum absolute atomic E-state index is 13.2. The van der Waals surface area contributed by atoms with Crippen LogP contribution in [0.4, 0.5) is 0 Å². The van der Waals surface area contributed by atoms with Crippen molar-refractivity contribution < 1.29 is 9.32 Å². The quantitative estimate of drug-likeness (QED) is 0.475. The van der Waals surface area contributed by atoms with E-state index in [4.69, 9.17) is 16.1 Å². The summed E-state index contributed by atoms with van der Waals surface area (Å²) in [6, 6.07) is 15.3. The number of pyridine rings is 1. The van der Waals surface area contributed by atoms with Crippen molar-refractivity contribution in [1.29, 1.82) is 0 Å². The van der Waals surface area contributed by atoms with E-state index in [1.165, 1.54) is 11.3 Å². The third kappa shape index (κ3) is 3.46. The van der Waals surface area contributed by atoms with E-state index in [-0.39, 0.29) is 5.91 Å². The second kappa shape index (κ2) is 7.13. The van der Waals surface area contributed by atoms with E-state index in [9.17, 15) is 4.79 Å². The molecule has 5 nitrogen and oxygen atoms in total. The molecule has 0 saturated heterocycles. The van der Waals surface area contributed by atoms with Crippen molar-refractivity contribution in [2.45, 2.75) is 13.5 Å². The molecule has 0 aliphatic rings. The maximum Gasteiger partial charge on any atom is 0.259 e. The van der Waals surface area contributed by atoms with Gasteiger partial charge in [0.05, 0.1) is 33.2 Å². The van der Waals surface area contributed by atoms with Crippen LogP contribution in [0.2, 0.25) is 4.34 Å². The van der Waals surface area contributed by atoms with Gasteiger partial charge < -0.3 is 9.42 Å². The lowest BCUT2D eigenvalue weighted by atomic mass is 10.0. The van der Waals surface area contributed by atoms with Crippen LogP contribution in [-0.4, -0.2) is 28.0 Å². The summed E-state index contributed by atoms with van der Waals surface area (Å²) in [5, 5.41) is 4.65. The first-order valence-corrected chi connectivity index (χ1v) is 9.54. The van der Waals surface area contributed by atoms with Crippen LogP contribution in [0.5, 0.6) is 0 Å². The highest BCUT2D eigenvalue weighted by atomic mass is 35.5. The van der Waals surface area contributed by atoms with Gasteiger partial charge in [0, 0.05) is 17.5 Å². The standard InChI is InChI=1S/C20H16ClN3O2S/c1-12-18-15(20(25)24(2)11-14-8-9-17(21)27-14)10-16(22-19(18)26-23-12)13-6-4-3-5-7-13/h3-10H,11H2,1-2H3. The molecule has 136 valence electrons. The Morgan fingerprint density at radius 1 is 1.22 bits per heavy atom. The minimum atomic E-state index is -0.115. The minimum absolute atomic E-state index is 0.115. The van der Waals surface area contributed by atoms with E-state index in [1.54, 1.807) is 11.9 Å². The summed E-state index contributed by atoms with van der Waals surface area (Å²) in [4.78, 5) is 20.4. The van der Waals surface area contributed by atoms with Crippen molar-refractivity contribution >= 4 is 39.9 Å². The molecule has 1 aromatic carbocycles. The second-order valence-corrected chi connectivity index (χ2v) is 8.04. The fourth-order valence-electron chi connectivity index (χ4n) is 2.97. The fraction of sp³-hybridized carbons (Fsp3) is 0.150. The molecule has 0 aliphatic carbocycles. The lowest BCUT2D eigenvalue weighted by molar-refractivity contribution is 0.0788. The van der Waals surface area contributed by atoms with E-state index in [1.807, 2.05) is 55.5 Å². The Labute approximate surface area is 165 Å². The van der Waals surface area contributed by atoms with Crippen LogP contribution < -0.4 is 0 Å². The molecule has 3 aromatic heterocycles. The number of nitrogens with zero attached hydrogens (tertiary/aromatic N) is 3. The van der Waals surface area contributed by atoms with Gasteiger partial charge in [-0.25, -0.2) is 4.98 Å². The van der Waals surface area contributed by atoms with Gasteiger partial charge in [-0.05, 0) is 25.1 Å². The number of amides is 1. The zero-order valence-electron chi connectivity index (χ0n) is 14.8. The van der Waals surface area contributed by atoms with E-state index >= 15 is 0 Å². The third-order valence-electron chi connectivity index (χ3n) is 4.29. The van der Waals surface area contributed by atoms with Gasteiger partial charge in [0.1, 0.15) is 0 Å². The second-order valence-electron chi connectivity index (χ2n) is 6.24. The molecule has 0 atom stereocenters. The smallest absolute Gasteiger partial charge is 0.259 e. The molecule has 4 rings (SSSR count). The Balaban J connectivity index is 1.77. The van der Waals surface area contributed by atoms with Crippen molar-refractivity contribution in [3.63, 3.8) is 0 Å². The molecule has 27 heavy (non-hydrogen) atoms. The number of benzene rings is 1. The van der Waals surface area contributed by atoms with E-state index in [0.717, 1.165) is 10.4 Å². The molecular weight excluding hydrogens is 382 g/mol. The van der Waals surface area contributed by atoms with Crippen molar-refractivity contribution in [3.8, 4) is 11.3 Å². The summed E-state index contributed by atoms with van der Waals surface area (Å²) >= 11 is 7.46. The molecule has 0 unspecified atom stereocenters. The van der Waals surface area contributed by atoms with E-state index in [0.29, 0.717) is 38.9 Å². The number of hydrogen-bond acceptors (Lipinski definition) is 5. The summed E-state index contributed by atoms with van der Waals surface area (Å²) in [6.07, 6.45) is 0. The average molecular weight is 398 g/mol. The van der Waals surface area contributed by atoms with Gasteiger partial charge >= 0.3 is 0 Å². The number of aromatic nitrogens is 2. The molecular formula is C20H16ClN3O2S. The van der Waals surface area contributed by atoms with E-state index in [2.05, 4.69) is 10.1 Å². The molecule has 0 aliphatic heterocycles. The zero-order valence-corrected chi connectivity index (χ0v) is 16.3. The summed E-state index contributed by atoms with van der Waals surface area (Å²) in [6.45, 7) is 2.29. The molecule has 0 fully saturated rings. The Kier molecular flexibility index (Phi) is 4.68. The summed E-state index contributed by atoms with van der Waals surface area (Å²) in [7, 11) is 1.77. The van der Waals surface area contributed by atoms with Crippen LogP contribution in [0.3, 0.4) is 0 Å². The van der Waals surface area contributed by atoms with Gasteiger partial charge in [-0.15, -0.1) is 11.3 Å². The van der Waals surface area contributed by atoms with Crippen LogP contribution in [-0.2, 0) is 6.54 Å². The van der Waals surface area contributed by atoms with Crippen molar-refractivity contribution in [3.05, 3.63) is 69.0 Å². The Bertz CT molecular complexity index is 1120. The average Bonchev–Trinajstić information content (AvgIpc) is 3.26. The van der Waals surface area contributed by atoms with Gasteiger partial charge in [0.2, 0.25) is 0 Å². The molecule has 0 bridgehead atoms. The Hall–Kier alpha value is -2.70. The van der Waals surface area contributed by atoms with Crippen molar-refractivity contribution in [1.82, 2.24) is 15.0 Å². The summed E-state index contributed by atoms with van der Waals surface area (Å²) < 4.78 is 6.06. The predicted molar refractivity (Wildman–Crippen MR) is 107 cm³/mol. The highest BCUT2D eigenvalue weighted by molar-refractivity contribution is 7.16. The third-order valence-corrected chi connectivity index (χ3v) is 5.50. The predicted octanol–water partition coefficient (Wildman–Crippen LogP) is 5.19. The van der Waals surface area contributed by atoms with Crippen LogP contribution >= 0.6 is 22.9 Å². The molecule has 1 amide bonds. The van der Waals surface area contributed by atoms with Gasteiger partial charge in [-0.2, -0.15) is 0 Å². The zero-order chi connectivity index (χ0) is 19.0. The van der Waals surface area contributed by atoms with Gasteiger partial charge in [-0.1, -0.05) is 47.1 Å². The number of rotatable bonds is 4. The summed E-state index contributed by atoms with van der Waals surface area (Å²) in [5.41, 5.74) is 3.13. The van der Waals surface area contributed by atoms with Crippen molar-refractivity contribution in [2.24, 2.45) is 0 Å². The van der Waals surface area contributed by atoms with Gasteiger partial charge in [0.15, 0.2) is 0 Å². The van der Waals surface area contributed by atoms with Gasteiger partial charge in [-0.3, -0.25) is 4.79 Å². The number of hydrogen-bond donors (Lipinski definition) is 0. The normalized spacial score (nSPS) is 11.1. The monoisotopic (exact) mass is 397 g/mol. The fourth-order valence-corrected chi connectivity index (χ4v) is 4.11. The number of carbonyl (C=O) groups excluding carboxylic acids is 1. The first kappa shape index (κ1) is 17.7. The Morgan fingerprint density at radius 3 is 2.70 bits per heavy atom. The molecule has 0 radical (unpaired) electrons. The largest absolute Gasteiger partial charge is 0.337 e. The van der Waals surface area contributed by atoms with Crippen LogP contribution in [0.25, 0.3) is 22.4 Å².